The highest BCUT2D eigenvalue weighted by Crippen LogP contribution is 2.35. The van der Waals surface area contributed by atoms with Gasteiger partial charge in [0.25, 0.3) is 0 Å². The van der Waals surface area contributed by atoms with Crippen molar-refractivity contribution >= 4 is 11.0 Å². The van der Waals surface area contributed by atoms with Crippen LogP contribution in [-0.2, 0) is 6.42 Å². The first-order chi connectivity index (χ1) is 11.0. The van der Waals surface area contributed by atoms with E-state index >= 15 is 0 Å². The Morgan fingerprint density at radius 1 is 1.09 bits per heavy atom. The number of aryl methyl sites for hydroxylation is 1. The summed E-state index contributed by atoms with van der Waals surface area (Å²) in [6.45, 7) is 1.84. The van der Waals surface area contributed by atoms with E-state index in [1.54, 1.807) is 31.4 Å². The molecule has 3 rings (SSSR count). The van der Waals surface area contributed by atoms with Gasteiger partial charge >= 0.3 is 0 Å². The summed E-state index contributed by atoms with van der Waals surface area (Å²) in [5, 5.41) is 20.0. The number of phenols is 2. The molecule has 0 fully saturated rings. The third kappa shape index (κ3) is 2.50. The van der Waals surface area contributed by atoms with Gasteiger partial charge in [-0.1, -0.05) is 6.92 Å². The monoisotopic (exact) mass is 312 g/mol. The normalized spacial score (nSPS) is 10.9. The van der Waals surface area contributed by atoms with Crippen LogP contribution in [0.5, 0.6) is 17.2 Å². The number of benzene rings is 2. The maximum atomic E-state index is 12.4. The highest BCUT2D eigenvalue weighted by Gasteiger charge is 2.17. The highest BCUT2D eigenvalue weighted by atomic mass is 16.5. The average molecular weight is 312 g/mol. The van der Waals surface area contributed by atoms with Gasteiger partial charge in [0.05, 0.1) is 7.11 Å². The summed E-state index contributed by atoms with van der Waals surface area (Å²) < 4.78 is 10.9. The molecule has 2 N–H and O–H groups in total. The van der Waals surface area contributed by atoms with E-state index < -0.39 is 0 Å². The van der Waals surface area contributed by atoms with Gasteiger partial charge in [0.1, 0.15) is 34.0 Å². The van der Waals surface area contributed by atoms with Crippen LogP contribution in [0.3, 0.4) is 0 Å². The summed E-state index contributed by atoms with van der Waals surface area (Å²) in [5.41, 5.74) is 1.05. The van der Waals surface area contributed by atoms with E-state index in [2.05, 4.69) is 0 Å². The van der Waals surface area contributed by atoms with Crippen molar-refractivity contribution < 1.29 is 19.4 Å². The van der Waals surface area contributed by atoms with E-state index in [9.17, 15) is 15.0 Å². The van der Waals surface area contributed by atoms with Crippen LogP contribution >= 0.6 is 0 Å². The van der Waals surface area contributed by atoms with Crippen LogP contribution in [-0.4, -0.2) is 17.3 Å². The molecule has 0 amide bonds. The fourth-order valence-electron chi connectivity index (χ4n) is 2.59. The van der Waals surface area contributed by atoms with Crippen molar-refractivity contribution in [3.8, 4) is 28.6 Å². The fraction of sp³-hybridized carbons (Fsp3) is 0.167. The predicted octanol–water partition coefficient (Wildman–Crippen LogP) is 3.44. The van der Waals surface area contributed by atoms with Crippen LogP contribution in [0, 0.1) is 0 Å². The number of hydrogen-bond donors (Lipinski definition) is 2. The van der Waals surface area contributed by atoms with Crippen molar-refractivity contribution in [1.29, 1.82) is 0 Å². The zero-order valence-corrected chi connectivity index (χ0v) is 12.8. The largest absolute Gasteiger partial charge is 0.507 e. The molecule has 0 saturated heterocycles. The number of fused-ring (bicyclic) bond motifs is 1. The minimum absolute atomic E-state index is 0.0805. The van der Waals surface area contributed by atoms with Gasteiger partial charge < -0.3 is 19.4 Å². The smallest absolute Gasteiger partial charge is 0.197 e. The van der Waals surface area contributed by atoms with E-state index in [-0.39, 0.29) is 27.9 Å². The quantitative estimate of drug-likeness (QED) is 0.774. The predicted molar refractivity (Wildman–Crippen MR) is 87.2 cm³/mol. The van der Waals surface area contributed by atoms with E-state index in [1.807, 2.05) is 6.92 Å². The molecule has 1 aromatic heterocycles. The van der Waals surface area contributed by atoms with Crippen molar-refractivity contribution in [3.05, 3.63) is 52.2 Å². The van der Waals surface area contributed by atoms with Crippen LogP contribution < -0.4 is 10.2 Å². The number of hydrogen-bond acceptors (Lipinski definition) is 5. The van der Waals surface area contributed by atoms with Gasteiger partial charge in [-0.15, -0.1) is 0 Å². The molecule has 0 aliphatic heterocycles. The van der Waals surface area contributed by atoms with Gasteiger partial charge in [-0.3, -0.25) is 4.79 Å². The van der Waals surface area contributed by atoms with Gasteiger partial charge in [-0.2, -0.15) is 0 Å². The van der Waals surface area contributed by atoms with Crippen LogP contribution in [0.1, 0.15) is 12.5 Å². The zero-order chi connectivity index (χ0) is 16.6. The molecular weight excluding hydrogens is 296 g/mol. The molecule has 0 spiro atoms. The minimum atomic E-state index is -0.357. The molecule has 5 heteroatoms. The first-order valence-electron chi connectivity index (χ1n) is 7.21. The summed E-state index contributed by atoms with van der Waals surface area (Å²) >= 11 is 0. The average Bonchev–Trinajstić information content (AvgIpc) is 2.54. The lowest BCUT2D eigenvalue weighted by Gasteiger charge is -2.10. The van der Waals surface area contributed by atoms with Crippen molar-refractivity contribution in [3.63, 3.8) is 0 Å². The number of rotatable bonds is 3. The highest BCUT2D eigenvalue weighted by molar-refractivity contribution is 5.89. The molecular formula is C18H16O5. The van der Waals surface area contributed by atoms with E-state index in [0.717, 1.165) is 0 Å². The van der Waals surface area contributed by atoms with Crippen molar-refractivity contribution in [2.75, 3.05) is 7.11 Å². The van der Waals surface area contributed by atoms with Crippen molar-refractivity contribution in [2.45, 2.75) is 13.3 Å². The van der Waals surface area contributed by atoms with Crippen LogP contribution in [0.2, 0.25) is 0 Å². The summed E-state index contributed by atoms with van der Waals surface area (Å²) in [6.07, 6.45) is 0.470. The lowest BCUT2D eigenvalue weighted by molar-refractivity contribution is 0.415. The second-order valence-corrected chi connectivity index (χ2v) is 5.15. The second-order valence-electron chi connectivity index (χ2n) is 5.15. The first-order valence-corrected chi connectivity index (χ1v) is 7.21. The van der Waals surface area contributed by atoms with Gasteiger partial charge in [0.15, 0.2) is 5.43 Å². The molecule has 0 saturated carbocycles. The number of ether oxygens (including phenoxy) is 1. The summed E-state index contributed by atoms with van der Waals surface area (Å²) in [4.78, 5) is 12.4. The topological polar surface area (TPSA) is 79.9 Å². The molecule has 23 heavy (non-hydrogen) atoms. The molecule has 118 valence electrons. The minimum Gasteiger partial charge on any atom is -0.507 e. The Morgan fingerprint density at radius 3 is 2.39 bits per heavy atom. The molecule has 5 nitrogen and oxygen atoms in total. The van der Waals surface area contributed by atoms with Gasteiger partial charge in [0.2, 0.25) is 0 Å². The summed E-state index contributed by atoms with van der Waals surface area (Å²) in [6, 6.07) is 9.58. The van der Waals surface area contributed by atoms with Crippen molar-refractivity contribution in [1.82, 2.24) is 0 Å². The maximum absolute atomic E-state index is 12.4. The van der Waals surface area contributed by atoms with Crippen LogP contribution in [0.4, 0.5) is 0 Å². The van der Waals surface area contributed by atoms with Crippen LogP contribution in [0.25, 0.3) is 22.3 Å². The zero-order valence-electron chi connectivity index (χ0n) is 12.8. The fourth-order valence-corrected chi connectivity index (χ4v) is 2.59. The summed E-state index contributed by atoms with van der Waals surface area (Å²) in [7, 11) is 1.57. The third-order valence-corrected chi connectivity index (χ3v) is 3.79. The number of methoxy groups -OCH3 is 1. The molecule has 0 unspecified atom stereocenters. The first kappa shape index (κ1) is 15.0. The lowest BCUT2D eigenvalue weighted by atomic mass is 10.0. The Kier molecular flexibility index (Phi) is 3.70. The van der Waals surface area contributed by atoms with E-state index in [0.29, 0.717) is 29.1 Å². The van der Waals surface area contributed by atoms with Gasteiger partial charge in [-0.25, -0.2) is 0 Å². The SMILES string of the molecule is CCc1c(O)cc(O)c2c(=O)cc(-c3ccc(OC)cc3)oc12. The molecule has 0 bridgehead atoms. The van der Waals surface area contributed by atoms with Gasteiger partial charge in [0, 0.05) is 23.3 Å². The molecule has 1 heterocycles. The Hall–Kier alpha value is -2.95. The maximum Gasteiger partial charge on any atom is 0.197 e. The second kappa shape index (κ2) is 5.68. The van der Waals surface area contributed by atoms with Gasteiger partial charge in [-0.05, 0) is 30.7 Å². The van der Waals surface area contributed by atoms with E-state index in [1.165, 1.54) is 12.1 Å². The third-order valence-electron chi connectivity index (χ3n) is 3.79. The Morgan fingerprint density at radius 2 is 1.78 bits per heavy atom. The molecule has 0 aliphatic carbocycles. The molecule has 3 aromatic rings. The lowest BCUT2D eigenvalue weighted by Crippen LogP contribution is -2.02. The van der Waals surface area contributed by atoms with Crippen molar-refractivity contribution in [2.24, 2.45) is 0 Å². The Bertz CT molecular complexity index is 923. The molecule has 0 radical (unpaired) electrons. The standard InChI is InChI=1S/C18H16O5/c1-3-12-13(19)8-14(20)17-15(21)9-16(23-18(12)17)10-4-6-11(22-2)7-5-10/h4-9,19-20H,3H2,1-2H3. The number of aromatic hydroxyl groups is 2. The molecule has 0 atom stereocenters. The Labute approximate surface area is 132 Å². The molecule has 0 aliphatic rings. The molecule has 2 aromatic carbocycles. The van der Waals surface area contributed by atoms with Crippen LogP contribution in [0.15, 0.2) is 45.6 Å². The van der Waals surface area contributed by atoms with E-state index in [4.69, 9.17) is 9.15 Å². The number of phenolic OH excluding ortho intramolecular Hbond substituents is 2. The Balaban J connectivity index is 2.29. The summed E-state index contributed by atoms with van der Waals surface area (Å²) in [5.74, 6) is 0.684.